The molecule has 1 saturated heterocycles. The van der Waals surface area contributed by atoms with Gasteiger partial charge in [0.05, 0.1) is 0 Å². The summed E-state index contributed by atoms with van der Waals surface area (Å²) in [6, 6.07) is 6.64. The Bertz CT molecular complexity index is 485. The van der Waals surface area contributed by atoms with Gasteiger partial charge >= 0.3 is 6.03 Å². The first-order chi connectivity index (χ1) is 10.7. The largest absolute Gasteiger partial charge is 0.356 e. The van der Waals surface area contributed by atoms with Crippen molar-refractivity contribution in [2.45, 2.75) is 51.1 Å². The number of hydrogen-bond donors (Lipinski definition) is 2. The van der Waals surface area contributed by atoms with Crippen LogP contribution in [0.5, 0.6) is 0 Å². The van der Waals surface area contributed by atoms with Crippen molar-refractivity contribution in [3.8, 4) is 0 Å². The Labute approximate surface area is 132 Å². The fraction of sp³-hybridized carbons (Fsp3) is 0.647. The molecule has 0 spiro atoms. The average Bonchev–Trinajstić information content (AvgIpc) is 2.94. The highest BCUT2D eigenvalue weighted by Gasteiger charge is 2.26. The lowest BCUT2D eigenvalue weighted by atomic mass is 10.0. The van der Waals surface area contributed by atoms with Gasteiger partial charge in [-0.15, -0.1) is 0 Å². The molecule has 2 unspecified atom stereocenters. The molecule has 120 valence electrons. The first kappa shape index (κ1) is 15.1. The van der Waals surface area contributed by atoms with Gasteiger partial charge in [-0.2, -0.15) is 0 Å². The molecule has 5 nitrogen and oxygen atoms in total. The number of nitrogens with one attached hydrogen (secondary N) is 2. The summed E-state index contributed by atoms with van der Waals surface area (Å²) >= 11 is 0. The molecule has 2 amide bonds. The van der Waals surface area contributed by atoms with Crippen LogP contribution in [0, 0.1) is 5.92 Å². The average molecular weight is 302 g/mol. The second-order valence-electron chi connectivity index (χ2n) is 6.58. The molecule has 22 heavy (non-hydrogen) atoms. The first-order valence-corrected chi connectivity index (χ1v) is 8.45. The summed E-state index contributed by atoms with van der Waals surface area (Å²) in [6.07, 6.45) is 7.36. The molecule has 1 aliphatic heterocycles. The molecule has 1 aromatic rings. The van der Waals surface area contributed by atoms with Gasteiger partial charge in [0.2, 0.25) is 0 Å². The van der Waals surface area contributed by atoms with E-state index >= 15 is 0 Å². The molecule has 0 radical (unpaired) electrons. The van der Waals surface area contributed by atoms with Crippen LogP contribution in [0.1, 0.15) is 39.0 Å². The third kappa shape index (κ3) is 3.70. The van der Waals surface area contributed by atoms with Crippen molar-refractivity contribution in [1.29, 1.82) is 0 Å². The number of aromatic nitrogens is 1. The van der Waals surface area contributed by atoms with E-state index in [1.807, 2.05) is 24.4 Å². The van der Waals surface area contributed by atoms with Crippen LogP contribution in [-0.2, 0) is 0 Å². The van der Waals surface area contributed by atoms with Gasteiger partial charge in [0.15, 0.2) is 0 Å². The number of piperidine rings is 1. The Morgan fingerprint density at radius 2 is 2.00 bits per heavy atom. The normalized spacial score (nSPS) is 26.0. The van der Waals surface area contributed by atoms with E-state index in [0.717, 1.165) is 38.2 Å². The van der Waals surface area contributed by atoms with Crippen molar-refractivity contribution in [3.05, 3.63) is 24.4 Å². The number of nitrogens with zero attached hydrogens (tertiary/aromatic N) is 2. The summed E-state index contributed by atoms with van der Waals surface area (Å²) < 4.78 is 0. The molecular formula is C17H26N4O. The fourth-order valence-corrected chi connectivity index (χ4v) is 3.55. The highest BCUT2D eigenvalue weighted by atomic mass is 16.2. The maximum atomic E-state index is 12.1. The minimum atomic E-state index is 0.00929. The predicted octanol–water partition coefficient (Wildman–Crippen LogP) is 2.54. The molecular weight excluding hydrogens is 276 g/mol. The maximum Gasteiger partial charge on any atom is 0.315 e. The van der Waals surface area contributed by atoms with Crippen LogP contribution in [-0.4, -0.2) is 36.2 Å². The Balaban J connectivity index is 1.43. The molecule has 2 aliphatic rings. The zero-order chi connectivity index (χ0) is 15.4. The Morgan fingerprint density at radius 1 is 1.18 bits per heavy atom. The van der Waals surface area contributed by atoms with Crippen LogP contribution in [0.4, 0.5) is 10.6 Å². The molecule has 0 bridgehead atoms. The molecule has 2 atom stereocenters. The Hall–Kier alpha value is -1.78. The summed E-state index contributed by atoms with van der Waals surface area (Å²) in [5, 5.41) is 6.28. The standard InChI is InChI=1S/C17H26N4O/c1-13-5-4-6-15(13)20-17(22)19-14-8-11-21(12-9-14)16-7-2-3-10-18-16/h2-3,7,10,13-15H,4-6,8-9,11-12H2,1H3,(H2,19,20,22). The van der Waals surface area contributed by atoms with Crippen LogP contribution in [0.15, 0.2) is 24.4 Å². The van der Waals surface area contributed by atoms with Crippen molar-refractivity contribution in [1.82, 2.24) is 15.6 Å². The summed E-state index contributed by atoms with van der Waals surface area (Å²) in [7, 11) is 0. The van der Waals surface area contributed by atoms with E-state index in [0.29, 0.717) is 12.0 Å². The molecule has 1 aromatic heterocycles. The monoisotopic (exact) mass is 302 g/mol. The minimum Gasteiger partial charge on any atom is -0.356 e. The Kier molecular flexibility index (Phi) is 4.80. The first-order valence-electron chi connectivity index (χ1n) is 8.45. The van der Waals surface area contributed by atoms with Crippen molar-refractivity contribution in [2.24, 2.45) is 5.92 Å². The van der Waals surface area contributed by atoms with Crippen LogP contribution in [0.25, 0.3) is 0 Å². The van der Waals surface area contributed by atoms with Gasteiger partial charge in [-0.3, -0.25) is 0 Å². The summed E-state index contributed by atoms with van der Waals surface area (Å²) in [6.45, 7) is 4.12. The highest BCUT2D eigenvalue weighted by molar-refractivity contribution is 5.74. The fourth-order valence-electron chi connectivity index (χ4n) is 3.55. The molecule has 2 N–H and O–H groups in total. The third-order valence-electron chi connectivity index (χ3n) is 4.98. The Morgan fingerprint density at radius 3 is 2.64 bits per heavy atom. The lowest BCUT2D eigenvalue weighted by Crippen LogP contribution is -2.50. The molecule has 0 aromatic carbocycles. The number of hydrogen-bond acceptors (Lipinski definition) is 3. The number of urea groups is 1. The number of amides is 2. The topological polar surface area (TPSA) is 57.3 Å². The zero-order valence-electron chi connectivity index (χ0n) is 13.3. The van der Waals surface area contributed by atoms with E-state index in [9.17, 15) is 4.79 Å². The van der Waals surface area contributed by atoms with E-state index in [-0.39, 0.29) is 12.1 Å². The van der Waals surface area contributed by atoms with E-state index in [1.165, 1.54) is 12.8 Å². The van der Waals surface area contributed by atoms with Gasteiger partial charge in [0, 0.05) is 31.4 Å². The van der Waals surface area contributed by atoms with Gasteiger partial charge in [0.25, 0.3) is 0 Å². The van der Waals surface area contributed by atoms with Crippen LogP contribution >= 0.6 is 0 Å². The second kappa shape index (κ2) is 6.99. The predicted molar refractivity (Wildman–Crippen MR) is 87.9 cm³/mol. The van der Waals surface area contributed by atoms with Gasteiger partial charge in [-0.25, -0.2) is 9.78 Å². The second-order valence-corrected chi connectivity index (χ2v) is 6.58. The minimum absolute atomic E-state index is 0.00929. The van der Waals surface area contributed by atoms with Gasteiger partial charge in [-0.05, 0) is 43.7 Å². The van der Waals surface area contributed by atoms with E-state index in [2.05, 4.69) is 27.4 Å². The lowest BCUT2D eigenvalue weighted by molar-refractivity contribution is 0.228. The molecule has 2 fully saturated rings. The SMILES string of the molecule is CC1CCCC1NC(=O)NC1CCN(c2ccccn2)CC1. The van der Waals surface area contributed by atoms with E-state index < -0.39 is 0 Å². The number of carbonyl (C=O) groups is 1. The van der Waals surface area contributed by atoms with Gasteiger partial charge < -0.3 is 15.5 Å². The quantitative estimate of drug-likeness (QED) is 0.902. The molecule has 5 heteroatoms. The van der Waals surface area contributed by atoms with Gasteiger partial charge in [-0.1, -0.05) is 19.4 Å². The molecule has 2 heterocycles. The third-order valence-corrected chi connectivity index (χ3v) is 4.98. The lowest BCUT2D eigenvalue weighted by Gasteiger charge is -2.33. The number of pyridine rings is 1. The molecule has 3 rings (SSSR count). The van der Waals surface area contributed by atoms with Gasteiger partial charge in [0.1, 0.15) is 5.82 Å². The molecule has 1 aliphatic carbocycles. The number of anilines is 1. The van der Waals surface area contributed by atoms with Crippen LogP contribution in [0.2, 0.25) is 0 Å². The van der Waals surface area contributed by atoms with Crippen molar-refractivity contribution < 1.29 is 4.79 Å². The van der Waals surface area contributed by atoms with Crippen LogP contribution in [0.3, 0.4) is 0 Å². The smallest absolute Gasteiger partial charge is 0.315 e. The zero-order valence-corrected chi connectivity index (χ0v) is 13.3. The maximum absolute atomic E-state index is 12.1. The van der Waals surface area contributed by atoms with Crippen molar-refractivity contribution >= 4 is 11.8 Å². The van der Waals surface area contributed by atoms with Crippen molar-refractivity contribution in [3.63, 3.8) is 0 Å². The molecule has 1 saturated carbocycles. The van der Waals surface area contributed by atoms with Crippen molar-refractivity contribution in [2.75, 3.05) is 18.0 Å². The number of carbonyl (C=O) groups excluding carboxylic acids is 1. The van der Waals surface area contributed by atoms with E-state index in [4.69, 9.17) is 0 Å². The highest BCUT2D eigenvalue weighted by Crippen LogP contribution is 2.24. The van der Waals surface area contributed by atoms with E-state index in [1.54, 1.807) is 0 Å². The number of rotatable bonds is 3. The summed E-state index contributed by atoms with van der Waals surface area (Å²) in [5.41, 5.74) is 0. The summed E-state index contributed by atoms with van der Waals surface area (Å²) in [5.74, 6) is 1.64. The van der Waals surface area contributed by atoms with Crippen LogP contribution < -0.4 is 15.5 Å². The summed E-state index contributed by atoms with van der Waals surface area (Å²) in [4.78, 5) is 18.8.